The molecule has 0 unspecified atom stereocenters. The molecule has 1 saturated heterocycles. The predicted octanol–water partition coefficient (Wildman–Crippen LogP) is 2.87. The number of hydrogen-bond acceptors (Lipinski definition) is 7. The summed E-state index contributed by atoms with van der Waals surface area (Å²) in [6.07, 6.45) is 1.07. The van der Waals surface area contributed by atoms with Gasteiger partial charge in [0.2, 0.25) is 0 Å². The monoisotopic (exact) mass is 379 g/mol. The van der Waals surface area contributed by atoms with Crippen LogP contribution in [-0.4, -0.2) is 48.8 Å². The fourth-order valence-electron chi connectivity index (χ4n) is 2.97. The minimum absolute atomic E-state index is 0.129. The number of anilines is 1. The summed E-state index contributed by atoms with van der Waals surface area (Å²) < 4.78 is 10.1. The number of amides is 1. The highest BCUT2D eigenvalue weighted by Crippen LogP contribution is 2.28. The van der Waals surface area contributed by atoms with Crippen LogP contribution in [0.25, 0.3) is 0 Å². The quantitative estimate of drug-likeness (QED) is 0.486. The lowest BCUT2D eigenvalue weighted by Gasteiger charge is -2.35. The molecule has 1 aliphatic rings. The smallest absolute Gasteiger partial charge is 0.407 e. The van der Waals surface area contributed by atoms with Gasteiger partial charge in [0.25, 0.3) is 5.69 Å². The van der Waals surface area contributed by atoms with Gasteiger partial charge in [0.1, 0.15) is 5.60 Å². The van der Waals surface area contributed by atoms with Gasteiger partial charge in [-0.3, -0.25) is 10.1 Å². The summed E-state index contributed by atoms with van der Waals surface area (Å²) in [4.78, 5) is 36.5. The second kappa shape index (κ2) is 8.24. The molecule has 1 fully saturated rings. The van der Waals surface area contributed by atoms with E-state index in [1.165, 1.54) is 19.2 Å². The Labute approximate surface area is 157 Å². The summed E-state index contributed by atoms with van der Waals surface area (Å²) in [5.74, 6) is -0.643. The van der Waals surface area contributed by atoms with Crippen LogP contribution in [0.4, 0.5) is 16.2 Å². The Morgan fingerprint density at radius 1 is 1.33 bits per heavy atom. The Morgan fingerprint density at radius 3 is 2.63 bits per heavy atom. The fraction of sp³-hybridized carbons (Fsp3) is 0.556. The molecule has 1 N–H and O–H groups in total. The summed E-state index contributed by atoms with van der Waals surface area (Å²) in [6.45, 7) is 6.49. The van der Waals surface area contributed by atoms with E-state index in [2.05, 4.69) is 5.32 Å². The van der Waals surface area contributed by atoms with Gasteiger partial charge in [-0.2, -0.15) is 0 Å². The van der Waals surface area contributed by atoms with E-state index in [-0.39, 0.29) is 17.3 Å². The normalized spacial score (nSPS) is 17.2. The molecule has 1 aliphatic heterocycles. The van der Waals surface area contributed by atoms with Crippen LogP contribution in [0.2, 0.25) is 0 Å². The number of nitrogens with zero attached hydrogens (tertiary/aromatic N) is 2. The van der Waals surface area contributed by atoms with Crippen molar-refractivity contribution in [3.8, 4) is 0 Å². The van der Waals surface area contributed by atoms with Crippen LogP contribution < -0.4 is 10.2 Å². The van der Waals surface area contributed by atoms with Gasteiger partial charge in [0, 0.05) is 31.3 Å². The minimum Gasteiger partial charge on any atom is -0.465 e. The number of nitro benzene ring substituents is 1. The molecule has 1 atom stereocenters. The number of nitro groups is 1. The second-order valence-electron chi connectivity index (χ2n) is 7.38. The zero-order chi connectivity index (χ0) is 20.2. The summed E-state index contributed by atoms with van der Waals surface area (Å²) >= 11 is 0. The number of methoxy groups -OCH3 is 1. The zero-order valence-electron chi connectivity index (χ0n) is 16.0. The minimum atomic E-state index is -0.643. The van der Waals surface area contributed by atoms with E-state index in [4.69, 9.17) is 9.47 Å². The van der Waals surface area contributed by atoms with Crippen LogP contribution in [-0.2, 0) is 9.47 Å². The van der Waals surface area contributed by atoms with Crippen LogP contribution in [0.5, 0.6) is 0 Å². The SMILES string of the molecule is COC(=O)c1cc([N+](=O)[O-])ccc1N1CCC[C@@H](NC(=O)OC(C)(C)C)C1. The van der Waals surface area contributed by atoms with Gasteiger partial charge >= 0.3 is 12.1 Å². The van der Waals surface area contributed by atoms with E-state index in [1.807, 2.05) is 4.90 Å². The van der Waals surface area contributed by atoms with Crippen molar-refractivity contribution in [1.82, 2.24) is 5.32 Å². The molecule has 1 aromatic carbocycles. The number of ether oxygens (including phenoxy) is 2. The summed E-state index contributed by atoms with van der Waals surface area (Å²) in [7, 11) is 1.23. The first-order chi connectivity index (χ1) is 12.6. The molecule has 0 aromatic heterocycles. The van der Waals surface area contributed by atoms with Gasteiger partial charge in [0.05, 0.1) is 23.3 Å². The first-order valence-electron chi connectivity index (χ1n) is 8.72. The topological polar surface area (TPSA) is 111 Å². The maximum atomic E-state index is 12.1. The molecule has 1 aromatic rings. The van der Waals surface area contributed by atoms with Crippen molar-refractivity contribution >= 4 is 23.4 Å². The van der Waals surface area contributed by atoms with E-state index in [9.17, 15) is 19.7 Å². The fourth-order valence-corrected chi connectivity index (χ4v) is 2.97. The molecule has 0 saturated carbocycles. The number of rotatable bonds is 4. The van der Waals surface area contributed by atoms with Crippen LogP contribution in [0.15, 0.2) is 18.2 Å². The van der Waals surface area contributed by atoms with Crippen LogP contribution in [0.1, 0.15) is 44.0 Å². The van der Waals surface area contributed by atoms with Crippen molar-refractivity contribution in [1.29, 1.82) is 0 Å². The molecular weight excluding hydrogens is 354 g/mol. The Bertz CT molecular complexity index is 728. The van der Waals surface area contributed by atoms with E-state index >= 15 is 0 Å². The van der Waals surface area contributed by atoms with Gasteiger partial charge in [-0.15, -0.1) is 0 Å². The van der Waals surface area contributed by atoms with E-state index < -0.39 is 22.6 Å². The van der Waals surface area contributed by atoms with Crippen molar-refractivity contribution in [3.63, 3.8) is 0 Å². The highest BCUT2D eigenvalue weighted by molar-refractivity contribution is 5.96. The number of esters is 1. The maximum Gasteiger partial charge on any atom is 0.407 e. The van der Waals surface area contributed by atoms with Crippen molar-refractivity contribution < 1.29 is 24.0 Å². The lowest BCUT2D eigenvalue weighted by Crippen LogP contribution is -2.49. The highest BCUT2D eigenvalue weighted by Gasteiger charge is 2.27. The first-order valence-corrected chi connectivity index (χ1v) is 8.72. The Hall–Kier alpha value is -2.84. The average molecular weight is 379 g/mol. The van der Waals surface area contributed by atoms with E-state index in [0.29, 0.717) is 18.8 Å². The number of nitrogens with one attached hydrogen (secondary N) is 1. The van der Waals surface area contributed by atoms with Gasteiger partial charge < -0.3 is 19.7 Å². The highest BCUT2D eigenvalue weighted by atomic mass is 16.6. The number of carbonyl (C=O) groups is 2. The third-order valence-corrected chi connectivity index (χ3v) is 4.08. The molecular formula is C18H25N3O6. The molecule has 1 amide bonds. The number of carbonyl (C=O) groups excluding carboxylic acids is 2. The van der Waals surface area contributed by atoms with Gasteiger partial charge in [-0.05, 0) is 39.7 Å². The molecule has 27 heavy (non-hydrogen) atoms. The van der Waals surface area contributed by atoms with Crippen molar-refractivity contribution in [2.24, 2.45) is 0 Å². The van der Waals surface area contributed by atoms with Crippen molar-refractivity contribution in [2.75, 3.05) is 25.1 Å². The standard InChI is InChI=1S/C18H25N3O6/c1-18(2,3)27-17(23)19-12-6-5-9-20(11-12)15-8-7-13(21(24)25)10-14(15)16(22)26-4/h7-8,10,12H,5-6,9,11H2,1-4H3,(H,19,23)/t12-/m1/s1. The summed E-state index contributed by atoms with van der Waals surface area (Å²) in [5, 5.41) is 13.9. The first kappa shape index (κ1) is 20.5. The number of benzene rings is 1. The molecule has 2 rings (SSSR count). The van der Waals surface area contributed by atoms with Gasteiger partial charge in [-0.25, -0.2) is 9.59 Å². The van der Waals surface area contributed by atoms with Gasteiger partial charge in [0.15, 0.2) is 0 Å². The Morgan fingerprint density at radius 2 is 2.04 bits per heavy atom. The Balaban J connectivity index is 2.18. The molecule has 9 nitrogen and oxygen atoms in total. The molecule has 1 heterocycles. The molecule has 0 spiro atoms. The van der Waals surface area contributed by atoms with Crippen molar-refractivity contribution in [3.05, 3.63) is 33.9 Å². The molecule has 0 radical (unpaired) electrons. The third kappa shape index (κ3) is 5.57. The van der Waals surface area contributed by atoms with E-state index in [1.54, 1.807) is 26.8 Å². The molecule has 9 heteroatoms. The zero-order valence-corrected chi connectivity index (χ0v) is 16.0. The average Bonchev–Trinajstić information content (AvgIpc) is 2.59. The van der Waals surface area contributed by atoms with Crippen LogP contribution in [0.3, 0.4) is 0 Å². The molecule has 0 aliphatic carbocycles. The second-order valence-corrected chi connectivity index (χ2v) is 7.38. The third-order valence-electron chi connectivity index (χ3n) is 4.08. The largest absolute Gasteiger partial charge is 0.465 e. The molecule has 0 bridgehead atoms. The lowest BCUT2D eigenvalue weighted by atomic mass is 10.0. The Kier molecular flexibility index (Phi) is 6.24. The summed E-state index contributed by atoms with van der Waals surface area (Å²) in [6, 6.07) is 3.95. The number of hydrogen-bond donors (Lipinski definition) is 1. The summed E-state index contributed by atoms with van der Waals surface area (Å²) in [5.41, 5.74) is -0.0955. The van der Waals surface area contributed by atoms with E-state index in [0.717, 1.165) is 12.8 Å². The van der Waals surface area contributed by atoms with Gasteiger partial charge in [-0.1, -0.05) is 0 Å². The van der Waals surface area contributed by atoms with Crippen LogP contribution >= 0.6 is 0 Å². The number of non-ortho nitro benzene ring substituents is 1. The number of piperidine rings is 1. The lowest BCUT2D eigenvalue weighted by molar-refractivity contribution is -0.384. The maximum absolute atomic E-state index is 12.1. The van der Waals surface area contributed by atoms with Crippen LogP contribution in [0, 0.1) is 10.1 Å². The van der Waals surface area contributed by atoms with Crippen molar-refractivity contribution in [2.45, 2.75) is 45.3 Å². The predicted molar refractivity (Wildman–Crippen MR) is 99.0 cm³/mol. The molecule has 148 valence electrons. The number of alkyl carbamates (subject to hydrolysis) is 1.